The van der Waals surface area contributed by atoms with E-state index in [-0.39, 0.29) is 0 Å². The van der Waals surface area contributed by atoms with Crippen LogP contribution < -0.4 is 5.73 Å². The van der Waals surface area contributed by atoms with E-state index in [1.807, 2.05) is 0 Å². The first kappa shape index (κ1) is 11.7. The molecule has 1 aliphatic rings. The van der Waals surface area contributed by atoms with Crippen LogP contribution in [0.1, 0.15) is 33.1 Å². The van der Waals surface area contributed by atoms with Gasteiger partial charge in [0.2, 0.25) is 0 Å². The third-order valence-electron chi connectivity index (χ3n) is 3.26. The van der Waals surface area contributed by atoms with Gasteiger partial charge in [0.15, 0.2) is 0 Å². The van der Waals surface area contributed by atoms with E-state index in [0.717, 1.165) is 12.8 Å². The van der Waals surface area contributed by atoms with Crippen molar-refractivity contribution < 1.29 is 0 Å². The molecule has 1 saturated heterocycles. The SMILES string of the molecule is C=C(C)CCN1CCC(N)C(CC)C1. The van der Waals surface area contributed by atoms with Crippen molar-refractivity contribution in [1.29, 1.82) is 0 Å². The highest BCUT2D eigenvalue weighted by molar-refractivity contribution is 4.90. The second kappa shape index (κ2) is 5.52. The summed E-state index contributed by atoms with van der Waals surface area (Å²) in [6.45, 7) is 11.8. The lowest BCUT2D eigenvalue weighted by atomic mass is 9.90. The van der Waals surface area contributed by atoms with E-state index >= 15 is 0 Å². The summed E-state index contributed by atoms with van der Waals surface area (Å²) in [5, 5.41) is 0. The van der Waals surface area contributed by atoms with Gasteiger partial charge in [-0.05, 0) is 32.2 Å². The maximum absolute atomic E-state index is 6.06. The number of nitrogens with two attached hydrogens (primary N) is 1. The van der Waals surface area contributed by atoms with Crippen molar-refractivity contribution >= 4 is 0 Å². The fourth-order valence-electron chi connectivity index (χ4n) is 2.11. The molecule has 0 aliphatic carbocycles. The van der Waals surface area contributed by atoms with Crippen LogP contribution in [0.2, 0.25) is 0 Å². The zero-order valence-corrected chi connectivity index (χ0v) is 9.63. The Labute approximate surface area is 88.2 Å². The molecular weight excluding hydrogens is 172 g/mol. The highest BCUT2D eigenvalue weighted by Crippen LogP contribution is 2.18. The Kier molecular flexibility index (Phi) is 4.63. The van der Waals surface area contributed by atoms with Gasteiger partial charge in [0.1, 0.15) is 0 Å². The highest BCUT2D eigenvalue weighted by atomic mass is 15.1. The molecule has 0 spiro atoms. The summed E-state index contributed by atoms with van der Waals surface area (Å²) in [4.78, 5) is 2.53. The van der Waals surface area contributed by atoms with Crippen LogP contribution in [-0.4, -0.2) is 30.6 Å². The molecule has 2 nitrogen and oxygen atoms in total. The maximum atomic E-state index is 6.06. The van der Waals surface area contributed by atoms with Crippen molar-refractivity contribution in [2.75, 3.05) is 19.6 Å². The molecule has 1 fully saturated rings. The van der Waals surface area contributed by atoms with Crippen molar-refractivity contribution in [3.05, 3.63) is 12.2 Å². The molecule has 0 amide bonds. The van der Waals surface area contributed by atoms with Gasteiger partial charge in [-0.15, -0.1) is 6.58 Å². The maximum Gasteiger partial charge on any atom is 0.00914 e. The van der Waals surface area contributed by atoms with Crippen LogP contribution in [0.25, 0.3) is 0 Å². The van der Waals surface area contributed by atoms with Crippen LogP contribution in [0.5, 0.6) is 0 Å². The first-order valence-corrected chi connectivity index (χ1v) is 5.75. The predicted octanol–water partition coefficient (Wildman–Crippen LogP) is 2.01. The lowest BCUT2D eigenvalue weighted by molar-refractivity contribution is 0.153. The smallest absolute Gasteiger partial charge is 0.00914 e. The van der Waals surface area contributed by atoms with E-state index in [9.17, 15) is 0 Å². The van der Waals surface area contributed by atoms with E-state index in [0.29, 0.717) is 12.0 Å². The van der Waals surface area contributed by atoms with Gasteiger partial charge in [0.05, 0.1) is 0 Å². The van der Waals surface area contributed by atoms with Crippen molar-refractivity contribution in [3.63, 3.8) is 0 Å². The summed E-state index contributed by atoms with van der Waals surface area (Å²) in [6, 6.07) is 0.432. The van der Waals surface area contributed by atoms with Crippen molar-refractivity contribution in [2.24, 2.45) is 11.7 Å². The van der Waals surface area contributed by atoms with E-state index in [2.05, 4.69) is 25.3 Å². The van der Waals surface area contributed by atoms with Crippen molar-refractivity contribution in [1.82, 2.24) is 4.90 Å². The third-order valence-corrected chi connectivity index (χ3v) is 3.26. The fraction of sp³-hybridized carbons (Fsp3) is 0.833. The zero-order chi connectivity index (χ0) is 10.6. The molecule has 1 rings (SSSR count). The molecule has 2 heteroatoms. The van der Waals surface area contributed by atoms with E-state index in [1.54, 1.807) is 0 Å². The molecule has 2 N–H and O–H groups in total. The molecule has 0 aromatic heterocycles. The minimum absolute atomic E-state index is 0.432. The summed E-state index contributed by atoms with van der Waals surface area (Å²) in [6.07, 6.45) is 3.51. The zero-order valence-electron chi connectivity index (χ0n) is 9.63. The third kappa shape index (κ3) is 3.43. The number of hydrogen-bond donors (Lipinski definition) is 1. The summed E-state index contributed by atoms with van der Waals surface area (Å²) in [7, 11) is 0. The molecule has 0 aromatic carbocycles. The van der Waals surface area contributed by atoms with Crippen LogP contribution in [-0.2, 0) is 0 Å². The minimum Gasteiger partial charge on any atom is -0.327 e. The Morgan fingerprint density at radius 3 is 2.86 bits per heavy atom. The van der Waals surface area contributed by atoms with Gasteiger partial charge in [0.25, 0.3) is 0 Å². The number of rotatable bonds is 4. The Hall–Kier alpha value is -0.340. The van der Waals surface area contributed by atoms with Gasteiger partial charge in [-0.25, -0.2) is 0 Å². The second-order valence-corrected chi connectivity index (χ2v) is 4.63. The Bertz CT molecular complexity index is 189. The minimum atomic E-state index is 0.432. The second-order valence-electron chi connectivity index (χ2n) is 4.63. The van der Waals surface area contributed by atoms with Crippen LogP contribution in [0, 0.1) is 5.92 Å². The molecular formula is C12H24N2. The first-order chi connectivity index (χ1) is 6.63. The van der Waals surface area contributed by atoms with E-state index in [4.69, 9.17) is 5.73 Å². The summed E-state index contributed by atoms with van der Waals surface area (Å²) in [5.74, 6) is 0.703. The quantitative estimate of drug-likeness (QED) is 0.697. The standard InChI is InChI=1S/C12H24N2/c1-4-11-9-14(7-5-10(2)3)8-6-12(11)13/h11-12H,2,4-9,13H2,1,3H3. The van der Waals surface area contributed by atoms with Gasteiger partial charge in [-0.3, -0.25) is 0 Å². The Balaban J connectivity index is 2.31. The number of likely N-dealkylation sites (tertiary alicyclic amines) is 1. The normalized spacial score (nSPS) is 29.1. The highest BCUT2D eigenvalue weighted by Gasteiger charge is 2.24. The van der Waals surface area contributed by atoms with Crippen LogP contribution in [0.4, 0.5) is 0 Å². The molecule has 1 aliphatic heterocycles. The molecule has 2 atom stereocenters. The number of nitrogens with zero attached hydrogens (tertiary/aromatic N) is 1. The van der Waals surface area contributed by atoms with Crippen molar-refractivity contribution in [2.45, 2.75) is 39.2 Å². The van der Waals surface area contributed by atoms with Gasteiger partial charge in [-0.1, -0.05) is 18.9 Å². The molecule has 2 unspecified atom stereocenters. The monoisotopic (exact) mass is 196 g/mol. The average Bonchev–Trinajstić information content (AvgIpc) is 2.16. The van der Waals surface area contributed by atoms with Gasteiger partial charge < -0.3 is 10.6 Å². The molecule has 0 bridgehead atoms. The lowest BCUT2D eigenvalue weighted by Crippen LogP contribution is -2.47. The Morgan fingerprint density at radius 2 is 2.29 bits per heavy atom. The van der Waals surface area contributed by atoms with Crippen LogP contribution in [0.15, 0.2) is 12.2 Å². The Morgan fingerprint density at radius 1 is 1.57 bits per heavy atom. The van der Waals surface area contributed by atoms with E-state index < -0.39 is 0 Å². The fourth-order valence-corrected chi connectivity index (χ4v) is 2.11. The largest absolute Gasteiger partial charge is 0.327 e. The van der Waals surface area contributed by atoms with Gasteiger partial charge in [-0.2, -0.15) is 0 Å². The van der Waals surface area contributed by atoms with Crippen LogP contribution in [0.3, 0.4) is 0 Å². The number of piperidine rings is 1. The van der Waals surface area contributed by atoms with E-state index in [1.165, 1.54) is 31.6 Å². The van der Waals surface area contributed by atoms with Gasteiger partial charge in [0, 0.05) is 19.1 Å². The van der Waals surface area contributed by atoms with Crippen molar-refractivity contribution in [3.8, 4) is 0 Å². The summed E-state index contributed by atoms with van der Waals surface area (Å²) < 4.78 is 0. The molecule has 82 valence electrons. The molecule has 0 aromatic rings. The summed E-state index contributed by atoms with van der Waals surface area (Å²) in [5.41, 5.74) is 7.35. The lowest BCUT2D eigenvalue weighted by Gasteiger charge is -2.36. The number of hydrogen-bond acceptors (Lipinski definition) is 2. The van der Waals surface area contributed by atoms with Gasteiger partial charge >= 0.3 is 0 Å². The van der Waals surface area contributed by atoms with Crippen LogP contribution >= 0.6 is 0 Å². The summed E-state index contributed by atoms with van der Waals surface area (Å²) >= 11 is 0. The predicted molar refractivity (Wildman–Crippen MR) is 62.2 cm³/mol. The molecule has 0 saturated carbocycles. The molecule has 1 heterocycles. The topological polar surface area (TPSA) is 29.3 Å². The first-order valence-electron chi connectivity index (χ1n) is 5.75. The molecule has 14 heavy (non-hydrogen) atoms. The average molecular weight is 196 g/mol. The molecule has 0 radical (unpaired) electrons.